The van der Waals surface area contributed by atoms with Gasteiger partial charge in [-0.15, -0.1) is 0 Å². The first-order valence-corrected chi connectivity index (χ1v) is 9.02. The predicted molar refractivity (Wildman–Crippen MR) is 107 cm³/mol. The van der Waals surface area contributed by atoms with Crippen LogP contribution < -0.4 is 9.47 Å². The van der Waals surface area contributed by atoms with Crippen molar-refractivity contribution in [1.29, 1.82) is 0 Å². The van der Waals surface area contributed by atoms with E-state index in [0.29, 0.717) is 27.1 Å². The monoisotopic (exact) mass is 492 g/mol. The van der Waals surface area contributed by atoms with Crippen LogP contribution in [0.5, 0.6) is 11.5 Å². The third-order valence-electron chi connectivity index (χ3n) is 3.16. The molecule has 7 heteroatoms. The van der Waals surface area contributed by atoms with Gasteiger partial charge in [-0.25, -0.2) is 4.79 Å². The highest BCUT2D eigenvalue weighted by atomic mass is 127. The third-order valence-corrected chi connectivity index (χ3v) is 4.70. The summed E-state index contributed by atoms with van der Waals surface area (Å²) in [6, 6.07) is 8.54. The molecule has 0 spiro atoms. The van der Waals surface area contributed by atoms with E-state index in [1.807, 2.05) is 6.07 Å². The second kappa shape index (κ2) is 9.31. The van der Waals surface area contributed by atoms with E-state index in [-0.39, 0.29) is 13.2 Å². The fourth-order valence-corrected chi connectivity index (χ4v) is 3.06. The molecule has 0 fully saturated rings. The average molecular weight is 493 g/mol. The average Bonchev–Trinajstić information content (AvgIpc) is 2.60. The Morgan fingerprint density at radius 1 is 1.24 bits per heavy atom. The van der Waals surface area contributed by atoms with Gasteiger partial charge >= 0.3 is 5.97 Å². The van der Waals surface area contributed by atoms with Crippen LogP contribution >= 0.6 is 45.8 Å². The standard InChI is InChI=1S/C18H15Cl2IO4/c1-3-6-24-18(22)12-8-15(21)17(16(9-12)23-2)25-10-11-4-5-13(19)14(20)7-11/h3-5,7-9H,1,6,10H2,2H3. The van der Waals surface area contributed by atoms with Crippen LogP contribution in [0.2, 0.25) is 10.0 Å². The van der Waals surface area contributed by atoms with Crippen LogP contribution in [0.4, 0.5) is 0 Å². The van der Waals surface area contributed by atoms with Crippen LogP contribution in [0.3, 0.4) is 0 Å². The van der Waals surface area contributed by atoms with E-state index < -0.39 is 5.97 Å². The van der Waals surface area contributed by atoms with Gasteiger partial charge in [0.2, 0.25) is 0 Å². The van der Waals surface area contributed by atoms with Crippen LogP contribution in [0.15, 0.2) is 43.0 Å². The Balaban J connectivity index is 2.20. The normalized spacial score (nSPS) is 10.2. The molecule has 0 aromatic heterocycles. The number of ether oxygens (including phenoxy) is 3. The summed E-state index contributed by atoms with van der Waals surface area (Å²) < 4.78 is 17.0. The Hall–Kier alpha value is -1.44. The molecule has 0 radical (unpaired) electrons. The quantitative estimate of drug-likeness (QED) is 0.289. The van der Waals surface area contributed by atoms with Gasteiger partial charge in [0, 0.05) is 0 Å². The molecule has 0 amide bonds. The summed E-state index contributed by atoms with van der Waals surface area (Å²) in [6.07, 6.45) is 1.51. The van der Waals surface area contributed by atoms with Crippen molar-refractivity contribution in [3.63, 3.8) is 0 Å². The highest BCUT2D eigenvalue weighted by Crippen LogP contribution is 2.35. The smallest absolute Gasteiger partial charge is 0.338 e. The van der Waals surface area contributed by atoms with E-state index in [2.05, 4.69) is 29.2 Å². The Bertz CT molecular complexity index is 793. The van der Waals surface area contributed by atoms with Gasteiger partial charge in [-0.2, -0.15) is 0 Å². The first-order chi connectivity index (χ1) is 12.0. The molecular weight excluding hydrogens is 478 g/mol. The minimum absolute atomic E-state index is 0.146. The summed E-state index contributed by atoms with van der Waals surface area (Å²) in [5, 5.41) is 0.949. The maximum Gasteiger partial charge on any atom is 0.338 e. The Morgan fingerprint density at radius 3 is 2.64 bits per heavy atom. The van der Waals surface area contributed by atoms with Crippen LogP contribution in [0.25, 0.3) is 0 Å². The molecule has 0 atom stereocenters. The molecule has 0 bridgehead atoms. The summed E-state index contributed by atoms with van der Waals surface area (Å²) in [5.41, 5.74) is 1.24. The molecule has 0 aliphatic carbocycles. The van der Waals surface area contributed by atoms with Gasteiger partial charge in [0.15, 0.2) is 11.5 Å². The van der Waals surface area contributed by atoms with Gasteiger partial charge in [-0.1, -0.05) is 41.9 Å². The lowest BCUT2D eigenvalue weighted by Gasteiger charge is -2.14. The van der Waals surface area contributed by atoms with E-state index in [1.165, 1.54) is 13.2 Å². The van der Waals surface area contributed by atoms with Crippen LogP contribution in [0.1, 0.15) is 15.9 Å². The molecular formula is C18H15Cl2IO4. The first kappa shape index (κ1) is 19.9. The summed E-state index contributed by atoms with van der Waals surface area (Å²) in [6.45, 7) is 3.94. The van der Waals surface area contributed by atoms with Gasteiger partial charge in [-0.3, -0.25) is 0 Å². The number of carbonyl (C=O) groups is 1. The molecule has 0 heterocycles. The summed E-state index contributed by atoms with van der Waals surface area (Å²) in [7, 11) is 1.51. The fourth-order valence-electron chi connectivity index (χ4n) is 1.98. The number of methoxy groups -OCH3 is 1. The fraction of sp³-hybridized carbons (Fsp3) is 0.167. The van der Waals surface area contributed by atoms with Gasteiger partial charge in [-0.05, 0) is 52.4 Å². The molecule has 0 unspecified atom stereocenters. The van der Waals surface area contributed by atoms with Crippen molar-refractivity contribution < 1.29 is 19.0 Å². The number of halogens is 3. The van der Waals surface area contributed by atoms with Crippen molar-refractivity contribution in [2.24, 2.45) is 0 Å². The van der Waals surface area contributed by atoms with Crippen molar-refractivity contribution >= 4 is 51.8 Å². The predicted octanol–water partition coefficient (Wildman–Crippen LogP) is 5.53. The maximum absolute atomic E-state index is 12.0. The van der Waals surface area contributed by atoms with E-state index in [1.54, 1.807) is 24.3 Å². The molecule has 0 aliphatic heterocycles. The van der Waals surface area contributed by atoms with Gasteiger partial charge in [0.25, 0.3) is 0 Å². The number of benzene rings is 2. The number of rotatable bonds is 7. The van der Waals surface area contributed by atoms with Crippen molar-refractivity contribution in [1.82, 2.24) is 0 Å². The lowest BCUT2D eigenvalue weighted by Crippen LogP contribution is -2.07. The minimum atomic E-state index is -0.452. The molecule has 0 saturated carbocycles. The summed E-state index contributed by atoms with van der Waals surface area (Å²) in [4.78, 5) is 12.0. The highest BCUT2D eigenvalue weighted by Gasteiger charge is 2.16. The maximum atomic E-state index is 12.0. The largest absolute Gasteiger partial charge is 0.493 e. The van der Waals surface area contributed by atoms with Crippen molar-refractivity contribution in [3.8, 4) is 11.5 Å². The van der Waals surface area contributed by atoms with Crippen molar-refractivity contribution in [2.45, 2.75) is 6.61 Å². The second-order valence-electron chi connectivity index (χ2n) is 4.91. The minimum Gasteiger partial charge on any atom is -0.493 e. The van der Waals surface area contributed by atoms with E-state index >= 15 is 0 Å². The Morgan fingerprint density at radius 2 is 2.00 bits per heavy atom. The number of esters is 1. The summed E-state index contributed by atoms with van der Waals surface area (Å²) >= 11 is 14.0. The Kier molecular flexibility index (Phi) is 7.40. The molecule has 0 N–H and O–H groups in total. The lowest BCUT2D eigenvalue weighted by molar-refractivity contribution is 0.0549. The van der Waals surface area contributed by atoms with Crippen LogP contribution in [-0.2, 0) is 11.3 Å². The molecule has 0 aliphatic rings. The summed E-state index contributed by atoms with van der Waals surface area (Å²) in [5.74, 6) is 0.527. The number of carbonyl (C=O) groups excluding carboxylic acids is 1. The van der Waals surface area contributed by atoms with Gasteiger partial charge < -0.3 is 14.2 Å². The van der Waals surface area contributed by atoms with Crippen LogP contribution in [-0.4, -0.2) is 19.7 Å². The lowest BCUT2D eigenvalue weighted by atomic mass is 10.2. The molecule has 2 aromatic rings. The van der Waals surface area contributed by atoms with E-state index in [0.717, 1.165) is 9.13 Å². The zero-order valence-electron chi connectivity index (χ0n) is 13.4. The number of hydrogen-bond acceptors (Lipinski definition) is 4. The van der Waals surface area contributed by atoms with Crippen LogP contribution in [0, 0.1) is 3.57 Å². The number of hydrogen-bond donors (Lipinski definition) is 0. The molecule has 132 valence electrons. The third kappa shape index (κ3) is 5.26. The zero-order valence-corrected chi connectivity index (χ0v) is 17.0. The topological polar surface area (TPSA) is 44.8 Å². The SMILES string of the molecule is C=CCOC(=O)c1cc(I)c(OCc2ccc(Cl)c(Cl)c2)c(OC)c1. The zero-order chi connectivity index (χ0) is 18.4. The molecule has 2 rings (SSSR count). The van der Waals surface area contributed by atoms with Crippen molar-refractivity contribution in [2.75, 3.05) is 13.7 Å². The van der Waals surface area contributed by atoms with Crippen molar-refractivity contribution in [3.05, 3.63) is 67.7 Å². The second-order valence-corrected chi connectivity index (χ2v) is 6.89. The van der Waals surface area contributed by atoms with E-state index in [9.17, 15) is 4.79 Å². The van der Waals surface area contributed by atoms with Gasteiger partial charge in [0.05, 0.1) is 26.3 Å². The molecule has 0 saturated heterocycles. The van der Waals surface area contributed by atoms with E-state index in [4.69, 9.17) is 37.4 Å². The molecule has 25 heavy (non-hydrogen) atoms. The molecule has 4 nitrogen and oxygen atoms in total. The first-order valence-electron chi connectivity index (χ1n) is 7.18. The molecule has 2 aromatic carbocycles. The highest BCUT2D eigenvalue weighted by molar-refractivity contribution is 14.1. The Labute approximate surface area is 169 Å². The van der Waals surface area contributed by atoms with Gasteiger partial charge in [0.1, 0.15) is 13.2 Å².